The van der Waals surface area contributed by atoms with Crippen LogP contribution in [0.1, 0.15) is 32.8 Å². The lowest BCUT2D eigenvalue weighted by molar-refractivity contribution is 0.198. The van der Waals surface area contributed by atoms with Crippen molar-refractivity contribution in [3.05, 3.63) is 34.9 Å². The zero-order chi connectivity index (χ0) is 19.9. The standard InChI is InChI=1S/C19H24ClN7O/c1-19(2,3)23-18-21-16(26-9-8-13(28)11-26)15-17(22-18)27(25-24-15)10-12-6-4-5-7-14(12)20/h4-7,13,28H,8-11H2,1-3H3,(H,21,22,23). The molecule has 2 aromatic heterocycles. The van der Waals surface area contributed by atoms with E-state index < -0.39 is 0 Å². The summed E-state index contributed by atoms with van der Waals surface area (Å²) in [6, 6.07) is 7.66. The number of hydrogen-bond acceptors (Lipinski definition) is 7. The van der Waals surface area contributed by atoms with Crippen LogP contribution in [0, 0.1) is 0 Å². The fourth-order valence-corrected chi connectivity index (χ4v) is 3.48. The maximum atomic E-state index is 9.96. The minimum absolute atomic E-state index is 0.198. The molecule has 3 heterocycles. The lowest BCUT2D eigenvalue weighted by Gasteiger charge is -2.22. The van der Waals surface area contributed by atoms with Crippen molar-refractivity contribution in [3.63, 3.8) is 0 Å². The molecule has 28 heavy (non-hydrogen) atoms. The van der Waals surface area contributed by atoms with Gasteiger partial charge in [-0.05, 0) is 38.8 Å². The summed E-state index contributed by atoms with van der Waals surface area (Å²) in [5, 5.41) is 22.6. The Bertz CT molecular complexity index is 998. The number of anilines is 2. The molecule has 1 saturated heterocycles. The highest BCUT2D eigenvalue weighted by molar-refractivity contribution is 6.31. The van der Waals surface area contributed by atoms with Crippen molar-refractivity contribution in [1.82, 2.24) is 25.0 Å². The van der Waals surface area contributed by atoms with Gasteiger partial charge in [-0.2, -0.15) is 9.97 Å². The predicted molar refractivity (Wildman–Crippen MR) is 110 cm³/mol. The van der Waals surface area contributed by atoms with Gasteiger partial charge in [0.1, 0.15) is 0 Å². The number of aliphatic hydroxyl groups excluding tert-OH is 1. The van der Waals surface area contributed by atoms with Gasteiger partial charge in [-0.3, -0.25) is 0 Å². The van der Waals surface area contributed by atoms with E-state index in [1.165, 1.54) is 0 Å². The van der Waals surface area contributed by atoms with Crippen LogP contribution >= 0.6 is 11.6 Å². The molecule has 9 heteroatoms. The molecule has 4 rings (SSSR count). The average Bonchev–Trinajstić information content (AvgIpc) is 3.22. The van der Waals surface area contributed by atoms with Crippen molar-refractivity contribution >= 4 is 34.5 Å². The first-order valence-corrected chi connectivity index (χ1v) is 9.74. The van der Waals surface area contributed by atoms with E-state index in [4.69, 9.17) is 16.6 Å². The van der Waals surface area contributed by atoms with Gasteiger partial charge in [0.2, 0.25) is 5.95 Å². The average molecular weight is 402 g/mol. The molecule has 0 bridgehead atoms. The molecule has 0 radical (unpaired) electrons. The highest BCUT2D eigenvalue weighted by atomic mass is 35.5. The molecule has 3 aromatic rings. The Morgan fingerprint density at radius 2 is 2.04 bits per heavy atom. The summed E-state index contributed by atoms with van der Waals surface area (Å²) in [7, 11) is 0. The van der Waals surface area contributed by atoms with Crippen LogP contribution in [-0.2, 0) is 6.54 Å². The number of rotatable bonds is 4. The number of aromatic nitrogens is 5. The molecule has 1 aromatic carbocycles. The summed E-state index contributed by atoms with van der Waals surface area (Å²) < 4.78 is 1.74. The molecule has 148 valence electrons. The Kier molecular flexibility index (Phi) is 4.84. The van der Waals surface area contributed by atoms with Crippen LogP contribution in [0.2, 0.25) is 5.02 Å². The number of β-amino-alcohol motifs (C(OH)–C–C–N with tert-alkyl or cyclic N) is 1. The summed E-state index contributed by atoms with van der Waals surface area (Å²) in [4.78, 5) is 11.4. The van der Waals surface area contributed by atoms with Gasteiger partial charge in [-0.25, -0.2) is 4.68 Å². The number of halogens is 1. The number of aliphatic hydroxyl groups is 1. The second-order valence-corrected chi connectivity index (χ2v) is 8.55. The molecule has 0 amide bonds. The van der Waals surface area contributed by atoms with E-state index in [1.54, 1.807) is 4.68 Å². The van der Waals surface area contributed by atoms with Crippen LogP contribution in [0.5, 0.6) is 0 Å². The molecule has 1 atom stereocenters. The molecule has 1 aliphatic heterocycles. The van der Waals surface area contributed by atoms with Gasteiger partial charge in [-0.1, -0.05) is 35.0 Å². The highest BCUT2D eigenvalue weighted by Gasteiger charge is 2.27. The minimum atomic E-state index is -0.359. The van der Waals surface area contributed by atoms with E-state index in [-0.39, 0.29) is 11.6 Å². The molecule has 0 spiro atoms. The molecule has 0 saturated carbocycles. The van der Waals surface area contributed by atoms with E-state index in [2.05, 4.69) is 41.4 Å². The summed E-state index contributed by atoms with van der Waals surface area (Å²) in [5.74, 6) is 1.21. The zero-order valence-electron chi connectivity index (χ0n) is 16.2. The predicted octanol–water partition coefficient (Wildman–Crippen LogP) is 2.70. The third-order valence-corrected chi connectivity index (χ3v) is 4.94. The van der Waals surface area contributed by atoms with E-state index >= 15 is 0 Å². The first-order chi connectivity index (χ1) is 13.3. The number of fused-ring (bicyclic) bond motifs is 1. The van der Waals surface area contributed by atoms with Crippen molar-refractivity contribution in [1.29, 1.82) is 0 Å². The maximum absolute atomic E-state index is 9.96. The van der Waals surface area contributed by atoms with Crippen LogP contribution in [0.25, 0.3) is 11.2 Å². The molecule has 0 aliphatic carbocycles. The monoisotopic (exact) mass is 401 g/mol. The summed E-state index contributed by atoms with van der Waals surface area (Å²) in [6.45, 7) is 7.87. The molecule has 8 nitrogen and oxygen atoms in total. The Morgan fingerprint density at radius 3 is 2.71 bits per heavy atom. The van der Waals surface area contributed by atoms with Crippen LogP contribution < -0.4 is 10.2 Å². The van der Waals surface area contributed by atoms with Gasteiger partial charge in [0, 0.05) is 23.7 Å². The van der Waals surface area contributed by atoms with Crippen molar-refractivity contribution in [3.8, 4) is 0 Å². The van der Waals surface area contributed by atoms with Gasteiger partial charge in [0.15, 0.2) is 17.0 Å². The Hall–Kier alpha value is -2.45. The van der Waals surface area contributed by atoms with E-state index in [0.29, 0.717) is 47.5 Å². The third kappa shape index (κ3) is 3.88. The largest absolute Gasteiger partial charge is 0.391 e. The third-order valence-electron chi connectivity index (χ3n) is 4.57. The van der Waals surface area contributed by atoms with Gasteiger partial charge >= 0.3 is 0 Å². The van der Waals surface area contributed by atoms with E-state index in [1.807, 2.05) is 29.2 Å². The number of nitrogens with one attached hydrogen (secondary N) is 1. The topological polar surface area (TPSA) is 92.0 Å². The highest BCUT2D eigenvalue weighted by Crippen LogP contribution is 2.28. The second kappa shape index (κ2) is 7.18. The lowest BCUT2D eigenvalue weighted by Crippen LogP contribution is -2.29. The normalized spacial score (nSPS) is 17.5. The van der Waals surface area contributed by atoms with Gasteiger partial charge < -0.3 is 15.3 Å². The summed E-state index contributed by atoms with van der Waals surface area (Å²) in [6.07, 6.45) is 0.351. The molecule has 2 N–H and O–H groups in total. The number of hydrogen-bond donors (Lipinski definition) is 2. The first-order valence-electron chi connectivity index (χ1n) is 9.36. The quantitative estimate of drug-likeness (QED) is 0.694. The maximum Gasteiger partial charge on any atom is 0.227 e. The first kappa shape index (κ1) is 18.9. The molecular weight excluding hydrogens is 378 g/mol. The molecule has 1 unspecified atom stereocenters. The summed E-state index contributed by atoms with van der Waals surface area (Å²) >= 11 is 6.32. The number of benzene rings is 1. The van der Waals surface area contributed by atoms with E-state index in [9.17, 15) is 5.11 Å². The van der Waals surface area contributed by atoms with Gasteiger partial charge in [0.05, 0.1) is 12.6 Å². The molecule has 1 aliphatic rings. The second-order valence-electron chi connectivity index (χ2n) is 8.15. The molecule has 1 fully saturated rings. The SMILES string of the molecule is CC(C)(C)Nc1nc(N2CCC(O)C2)c2nnn(Cc3ccccc3Cl)c2n1. The van der Waals surface area contributed by atoms with Crippen molar-refractivity contribution < 1.29 is 5.11 Å². The number of nitrogens with zero attached hydrogens (tertiary/aromatic N) is 6. The Balaban J connectivity index is 1.79. The van der Waals surface area contributed by atoms with Crippen LogP contribution in [0.15, 0.2) is 24.3 Å². The van der Waals surface area contributed by atoms with Crippen LogP contribution in [0.4, 0.5) is 11.8 Å². The molecular formula is C19H24ClN7O. The van der Waals surface area contributed by atoms with Gasteiger partial charge in [-0.15, -0.1) is 5.10 Å². The van der Waals surface area contributed by atoms with Crippen molar-refractivity contribution in [2.75, 3.05) is 23.3 Å². The van der Waals surface area contributed by atoms with E-state index in [0.717, 1.165) is 12.1 Å². The smallest absolute Gasteiger partial charge is 0.227 e. The van der Waals surface area contributed by atoms with Crippen LogP contribution in [-0.4, -0.2) is 54.8 Å². The van der Waals surface area contributed by atoms with Gasteiger partial charge in [0.25, 0.3) is 0 Å². The lowest BCUT2D eigenvalue weighted by atomic mass is 10.1. The van der Waals surface area contributed by atoms with Crippen molar-refractivity contribution in [2.24, 2.45) is 0 Å². The fraction of sp³-hybridized carbons (Fsp3) is 0.474. The Labute approximate surface area is 168 Å². The van der Waals surface area contributed by atoms with Crippen LogP contribution in [0.3, 0.4) is 0 Å². The Morgan fingerprint density at radius 1 is 1.25 bits per heavy atom. The summed E-state index contributed by atoms with van der Waals surface area (Å²) in [5.41, 5.74) is 2.01. The minimum Gasteiger partial charge on any atom is -0.391 e. The zero-order valence-corrected chi connectivity index (χ0v) is 17.0. The fourth-order valence-electron chi connectivity index (χ4n) is 3.28. The van der Waals surface area contributed by atoms with Crippen molar-refractivity contribution in [2.45, 2.75) is 45.4 Å².